The molecule has 3 aromatic carbocycles. The molecular weight excluding hydrogens is 440 g/mol. The predicted octanol–water partition coefficient (Wildman–Crippen LogP) is 4.50. The molecule has 1 amide bonds. The Bertz CT molecular complexity index is 1200. The average Bonchev–Trinajstić information content (AvgIpc) is 2.86. The van der Waals surface area contributed by atoms with Crippen molar-refractivity contribution in [2.24, 2.45) is 0 Å². The number of nitro benzene ring substituents is 1. The van der Waals surface area contributed by atoms with Gasteiger partial charge in [0.2, 0.25) is 11.7 Å². The Kier molecular flexibility index (Phi) is 6.27. The maximum atomic E-state index is 13.5. The molecule has 3 aromatic rings. The van der Waals surface area contributed by atoms with E-state index in [0.29, 0.717) is 28.5 Å². The molecule has 2 unspecified atom stereocenters. The molecule has 0 aliphatic carbocycles. The summed E-state index contributed by atoms with van der Waals surface area (Å²) in [5.41, 5.74) is 1.78. The number of amides is 1. The standard InChI is InChI=1S/C25H24N2O7/c1-31-19-11-10-16(12-18(19)27(29)30)23-22(15-8-6-5-7-9-15)25(28)26(23)17-13-20(32-2)24(34-4)21(14-17)33-3/h5-14,22-23H,1-4H3. The van der Waals surface area contributed by atoms with Crippen LogP contribution < -0.4 is 23.8 Å². The zero-order valence-corrected chi connectivity index (χ0v) is 19.2. The van der Waals surface area contributed by atoms with Crippen molar-refractivity contribution in [1.29, 1.82) is 0 Å². The van der Waals surface area contributed by atoms with Crippen LogP contribution >= 0.6 is 0 Å². The highest BCUT2D eigenvalue weighted by molar-refractivity contribution is 6.07. The molecule has 4 rings (SSSR count). The SMILES string of the molecule is COc1ccc(C2C(c3ccccc3)C(=O)N2c2cc(OC)c(OC)c(OC)c2)cc1[N+](=O)[O-]. The second-order valence-corrected chi connectivity index (χ2v) is 7.61. The summed E-state index contributed by atoms with van der Waals surface area (Å²) in [5, 5.41) is 11.7. The molecule has 176 valence electrons. The Labute approximate surface area is 196 Å². The second kappa shape index (κ2) is 9.30. The van der Waals surface area contributed by atoms with Crippen LogP contribution in [0.2, 0.25) is 0 Å². The maximum Gasteiger partial charge on any atom is 0.311 e. The van der Waals surface area contributed by atoms with Crippen molar-refractivity contribution in [2.75, 3.05) is 33.3 Å². The summed E-state index contributed by atoms with van der Waals surface area (Å²) in [4.78, 5) is 26.3. The van der Waals surface area contributed by atoms with Crippen LogP contribution in [0.3, 0.4) is 0 Å². The molecule has 1 saturated heterocycles. The number of hydrogen-bond acceptors (Lipinski definition) is 7. The van der Waals surface area contributed by atoms with Crippen LogP contribution in [0.1, 0.15) is 23.1 Å². The first-order valence-electron chi connectivity index (χ1n) is 10.5. The molecular formula is C25H24N2O7. The summed E-state index contributed by atoms with van der Waals surface area (Å²) >= 11 is 0. The maximum absolute atomic E-state index is 13.5. The van der Waals surface area contributed by atoms with Crippen molar-refractivity contribution in [2.45, 2.75) is 12.0 Å². The van der Waals surface area contributed by atoms with Crippen molar-refractivity contribution in [3.05, 3.63) is 81.9 Å². The smallest absolute Gasteiger partial charge is 0.311 e. The fourth-order valence-corrected chi connectivity index (χ4v) is 4.34. The molecule has 0 aromatic heterocycles. The molecule has 1 aliphatic rings. The van der Waals surface area contributed by atoms with E-state index in [1.165, 1.54) is 34.5 Å². The van der Waals surface area contributed by atoms with Crippen LogP contribution in [0.4, 0.5) is 11.4 Å². The summed E-state index contributed by atoms with van der Waals surface area (Å²) < 4.78 is 21.5. The van der Waals surface area contributed by atoms with Gasteiger partial charge < -0.3 is 23.8 Å². The Balaban J connectivity index is 1.87. The predicted molar refractivity (Wildman–Crippen MR) is 125 cm³/mol. The third-order valence-electron chi connectivity index (χ3n) is 5.92. The Morgan fingerprint density at radius 1 is 0.794 bits per heavy atom. The first-order valence-corrected chi connectivity index (χ1v) is 10.5. The lowest BCUT2D eigenvalue weighted by Crippen LogP contribution is -2.53. The van der Waals surface area contributed by atoms with Gasteiger partial charge in [-0.3, -0.25) is 14.9 Å². The molecule has 9 nitrogen and oxygen atoms in total. The Morgan fingerprint density at radius 2 is 1.41 bits per heavy atom. The van der Waals surface area contributed by atoms with E-state index in [9.17, 15) is 14.9 Å². The van der Waals surface area contributed by atoms with Crippen molar-refractivity contribution < 1.29 is 28.7 Å². The number of hydrogen-bond donors (Lipinski definition) is 0. The fourth-order valence-electron chi connectivity index (χ4n) is 4.34. The lowest BCUT2D eigenvalue weighted by Gasteiger charge is -2.47. The van der Waals surface area contributed by atoms with E-state index in [0.717, 1.165) is 5.56 Å². The van der Waals surface area contributed by atoms with Gasteiger partial charge in [-0.25, -0.2) is 0 Å². The number of methoxy groups -OCH3 is 4. The zero-order chi connectivity index (χ0) is 24.4. The van der Waals surface area contributed by atoms with Crippen molar-refractivity contribution >= 4 is 17.3 Å². The molecule has 0 spiro atoms. The van der Waals surface area contributed by atoms with Gasteiger partial charge >= 0.3 is 5.69 Å². The van der Waals surface area contributed by atoms with Crippen LogP contribution in [-0.4, -0.2) is 39.3 Å². The Morgan fingerprint density at radius 3 is 1.94 bits per heavy atom. The lowest BCUT2D eigenvalue weighted by atomic mass is 9.77. The third-order valence-corrected chi connectivity index (χ3v) is 5.92. The molecule has 0 saturated carbocycles. The van der Waals surface area contributed by atoms with Crippen molar-refractivity contribution in [3.63, 3.8) is 0 Å². The van der Waals surface area contributed by atoms with Gasteiger partial charge in [0.1, 0.15) is 0 Å². The van der Waals surface area contributed by atoms with Gasteiger partial charge in [0.25, 0.3) is 0 Å². The van der Waals surface area contributed by atoms with Crippen LogP contribution in [0.5, 0.6) is 23.0 Å². The molecule has 1 heterocycles. The molecule has 1 fully saturated rings. The van der Waals surface area contributed by atoms with E-state index in [4.69, 9.17) is 18.9 Å². The summed E-state index contributed by atoms with van der Waals surface area (Å²) in [7, 11) is 5.87. The fraction of sp³-hybridized carbons (Fsp3) is 0.240. The minimum atomic E-state index is -0.520. The topological polar surface area (TPSA) is 100 Å². The summed E-state index contributed by atoms with van der Waals surface area (Å²) in [5.74, 6) is 0.671. The summed E-state index contributed by atoms with van der Waals surface area (Å²) in [6.07, 6.45) is 0. The van der Waals surface area contributed by atoms with Crippen molar-refractivity contribution in [3.8, 4) is 23.0 Å². The molecule has 0 bridgehead atoms. The number of nitro groups is 1. The number of carbonyl (C=O) groups excluding carboxylic acids is 1. The normalized spacial score (nSPS) is 17.1. The largest absolute Gasteiger partial charge is 0.493 e. The number of ether oxygens (including phenoxy) is 4. The summed E-state index contributed by atoms with van der Waals surface area (Å²) in [6.45, 7) is 0. The number of β-lactam (4-membered cyclic amide) rings is 1. The second-order valence-electron chi connectivity index (χ2n) is 7.61. The third kappa shape index (κ3) is 3.75. The quantitative estimate of drug-likeness (QED) is 0.275. The zero-order valence-electron chi connectivity index (χ0n) is 19.2. The molecule has 9 heteroatoms. The first kappa shape index (κ1) is 22.9. The van der Waals surface area contributed by atoms with E-state index in [1.807, 2.05) is 30.3 Å². The number of carbonyl (C=O) groups is 1. The van der Waals surface area contributed by atoms with E-state index in [2.05, 4.69) is 0 Å². The number of rotatable bonds is 8. The number of benzene rings is 3. The molecule has 34 heavy (non-hydrogen) atoms. The van der Waals surface area contributed by atoms with Gasteiger partial charge in [-0.1, -0.05) is 36.4 Å². The van der Waals surface area contributed by atoms with Gasteiger partial charge in [-0.2, -0.15) is 0 Å². The van der Waals surface area contributed by atoms with E-state index in [1.54, 1.807) is 29.2 Å². The van der Waals surface area contributed by atoms with Gasteiger partial charge in [0, 0.05) is 18.2 Å². The molecule has 0 N–H and O–H groups in total. The minimum absolute atomic E-state index is 0.148. The highest BCUT2D eigenvalue weighted by atomic mass is 16.6. The van der Waals surface area contributed by atoms with E-state index >= 15 is 0 Å². The van der Waals surface area contributed by atoms with Crippen molar-refractivity contribution in [1.82, 2.24) is 0 Å². The Hall–Kier alpha value is -4.27. The monoisotopic (exact) mass is 464 g/mol. The molecule has 1 aliphatic heterocycles. The van der Waals surface area contributed by atoms with Crippen LogP contribution in [0.15, 0.2) is 60.7 Å². The number of nitrogens with zero attached hydrogens (tertiary/aromatic N) is 2. The summed E-state index contributed by atoms with van der Waals surface area (Å²) in [6, 6.07) is 17.0. The van der Waals surface area contributed by atoms with E-state index < -0.39 is 16.9 Å². The highest BCUT2D eigenvalue weighted by Crippen LogP contribution is 2.52. The molecule has 0 radical (unpaired) electrons. The lowest BCUT2D eigenvalue weighted by molar-refractivity contribution is -0.385. The first-order chi connectivity index (χ1) is 16.4. The van der Waals surface area contributed by atoms with Gasteiger partial charge in [0.05, 0.1) is 51.0 Å². The highest BCUT2D eigenvalue weighted by Gasteiger charge is 2.50. The van der Waals surface area contributed by atoms with Gasteiger partial charge in [-0.05, 0) is 17.2 Å². The number of anilines is 1. The van der Waals surface area contributed by atoms with Crippen LogP contribution in [0.25, 0.3) is 0 Å². The van der Waals surface area contributed by atoms with Gasteiger partial charge in [0.15, 0.2) is 17.2 Å². The average molecular weight is 464 g/mol. The van der Waals surface area contributed by atoms with E-state index in [-0.39, 0.29) is 17.3 Å². The van der Waals surface area contributed by atoms with Crippen LogP contribution in [-0.2, 0) is 4.79 Å². The molecule has 2 atom stereocenters. The van der Waals surface area contributed by atoms with Gasteiger partial charge in [-0.15, -0.1) is 0 Å². The minimum Gasteiger partial charge on any atom is -0.493 e. The van der Waals surface area contributed by atoms with Crippen LogP contribution in [0, 0.1) is 10.1 Å².